The summed E-state index contributed by atoms with van der Waals surface area (Å²) in [6, 6.07) is -0.694. The number of hydrogen-bond acceptors (Lipinski definition) is 5. The van der Waals surface area contributed by atoms with Gasteiger partial charge in [0.2, 0.25) is 5.91 Å². The molecule has 0 aromatic heterocycles. The smallest absolute Gasteiger partial charge is 0.306 e. The minimum absolute atomic E-state index is 0.0892. The SMILES string of the molecule is CCCCCCCCCCCCCCCCCCCC(=O)OC(CCCCCCCCCCCCCCCCCC)CC(=O)NC(CO)C(O)CCCCCCCCCCCCCCCCCCC. The molecule has 0 saturated carbocycles. The summed E-state index contributed by atoms with van der Waals surface area (Å²) in [7, 11) is 0. The molecular weight excluding hydrogens is 851 g/mol. The van der Waals surface area contributed by atoms with Crippen molar-refractivity contribution in [2.24, 2.45) is 0 Å². The minimum atomic E-state index is -0.781. The Kier molecular flexibility index (Phi) is 56.8. The molecule has 0 aliphatic heterocycles. The van der Waals surface area contributed by atoms with Gasteiger partial charge in [-0.15, -0.1) is 0 Å². The first-order valence-corrected chi connectivity index (χ1v) is 31.8. The van der Waals surface area contributed by atoms with Crippen LogP contribution in [0.2, 0.25) is 0 Å². The first-order chi connectivity index (χ1) is 34.0. The van der Waals surface area contributed by atoms with E-state index in [1.54, 1.807) is 0 Å². The Hall–Kier alpha value is -1.14. The third kappa shape index (κ3) is 53.0. The zero-order chi connectivity index (χ0) is 50.2. The number of unbranched alkanes of at least 4 members (excludes halogenated alkanes) is 47. The van der Waals surface area contributed by atoms with Crippen molar-refractivity contribution in [3.63, 3.8) is 0 Å². The van der Waals surface area contributed by atoms with Crippen LogP contribution in [0.3, 0.4) is 0 Å². The number of carbonyl (C=O) groups is 2. The predicted octanol–water partition coefficient (Wildman–Crippen LogP) is 19.9. The highest BCUT2D eigenvalue weighted by atomic mass is 16.5. The lowest BCUT2D eigenvalue weighted by Gasteiger charge is -2.24. The Morgan fingerprint density at radius 2 is 0.609 bits per heavy atom. The van der Waals surface area contributed by atoms with Crippen LogP contribution in [0.25, 0.3) is 0 Å². The second kappa shape index (κ2) is 57.8. The topological polar surface area (TPSA) is 95.9 Å². The molecule has 0 aliphatic rings. The largest absolute Gasteiger partial charge is 0.462 e. The Morgan fingerprint density at radius 3 is 0.884 bits per heavy atom. The number of hydrogen-bond donors (Lipinski definition) is 3. The van der Waals surface area contributed by atoms with Gasteiger partial charge in [-0.25, -0.2) is 0 Å². The fraction of sp³-hybridized carbons (Fsp3) is 0.968. The molecule has 0 fully saturated rings. The van der Waals surface area contributed by atoms with E-state index in [9.17, 15) is 19.8 Å². The van der Waals surface area contributed by atoms with Gasteiger partial charge in [0.1, 0.15) is 6.10 Å². The third-order valence-corrected chi connectivity index (χ3v) is 15.2. The molecule has 3 N–H and O–H groups in total. The highest BCUT2D eigenvalue weighted by molar-refractivity contribution is 5.77. The van der Waals surface area contributed by atoms with Gasteiger partial charge < -0.3 is 20.3 Å². The second-order valence-corrected chi connectivity index (χ2v) is 22.2. The van der Waals surface area contributed by atoms with E-state index in [2.05, 4.69) is 26.1 Å². The van der Waals surface area contributed by atoms with Crippen molar-refractivity contribution in [3.8, 4) is 0 Å². The summed E-state index contributed by atoms with van der Waals surface area (Å²) in [6.45, 7) is 6.56. The van der Waals surface area contributed by atoms with Crippen LogP contribution >= 0.6 is 0 Å². The lowest BCUT2D eigenvalue weighted by Crippen LogP contribution is -2.46. The molecule has 0 rings (SSSR count). The van der Waals surface area contributed by atoms with Crippen LogP contribution in [0.15, 0.2) is 0 Å². The number of ether oxygens (including phenoxy) is 1. The highest BCUT2D eigenvalue weighted by Gasteiger charge is 2.24. The average Bonchev–Trinajstić information content (AvgIpc) is 3.34. The number of nitrogens with one attached hydrogen (secondary N) is 1. The van der Waals surface area contributed by atoms with E-state index < -0.39 is 18.2 Å². The van der Waals surface area contributed by atoms with Gasteiger partial charge in [-0.2, -0.15) is 0 Å². The van der Waals surface area contributed by atoms with Crippen LogP contribution < -0.4 is 5.32 Å². The van der Waals surface area contributed by atoms with Gasteiger partial charge in [-0.05, 0) is 25.7 Å². The predicted molar refractivity (Wildman–Crippen MR) is 301 cm³/mol. The molecule has 0 aromatic rings. The number of aliphatic hydroxyl groups excluding tert-OH is 2. The summed E-state index contributed by atoms with van der Waals surface area (Å²) in [4.78, 5) is 26.4. The number of carbonyl (C=O) groups excluding carboxylic acids is 2. The summed E-state index contributed by atoms with van der Waals surface area (Å²) in [5.74, 6) is -0.439. The van der Waals surface area contributed by atoms with Crippen molar-refractivity contribution >= 4 is 11.9 Å². The molecule has 0 radical (unpaired) electrons. The van der Waals surface area contributed by atoms with Crippen LogP contribution in [0.1, 0.15) is 367 Å². The van der Waals surface area contributed by atoms with E-state index in [-0.39, 0.29) is 24.9 Å². The molecule has 0 bridgehead atoms. The summed E-state index contributed by atoms with van der Waals surface area (Å²) in [5, 5.41) is 24.0. The Bertz CT molecular complexity index is 1010. The Labute approximate surface area is 432 Å². The minimum Gasteiger partial charge on any atom is -0.462 e. The molecule has 1 amide bonds. The van der Waals surface area contributed by atoms with Gasteiger partial charge in [0, 0.05) is 6.42 Å². The Morgan fingerprint density at radius 1 is 0.362 bits per heavy atom. The highest BCUT2D eigenvalue weighted by Crippen LogP contribution is 2.20. The summed E-state index contributed by atoms with van der Waals surface area (Å²) in [6.07, 6.45) is 66.1. The van der Waals surface area contributed by atoms with Crippen LogP contribution in [-0.4, -0.2) is 46.9 Å². The number of amides is 1. The van der Waals surface area contributed by atoms with Gasteiger partial charge >= 0.3 is 5.97 Å². The standard InChI is InChI=1S/C63H125NO5/c1-4-7-10-13-16-19-22-25-28-31-34-37-40-43-46-49-52-55-61(66)60(58-65)64-62(67)57-59(54-51-48-45-42-39-36-33-30-27-24-21-18-15-12-9-6-3)69-63(68)56-53-50-47-44-41-38-35-32-29-26-23-20-17-14-11-8-5-2/h59-61,65-66H,4-58H2,1-3H3,(H,64,67). The van der Waals surface area contributed by atoms with Crippen molar-refractivity contribution in [1.82, 2.24) is 5.32 Å². The van der Waals surface area contributed by atoms with Crippen LogP contribution in [0.5, 0.6) is 0 Å². The van der Waals surface area contributed by atoms with Gasteiger partial charge in [0.15, 0.2) is 0 Å². The molecule has 0 aliphatic carbocycles. The molecule has 3 unspecified atom stereocenters. The fourth-order valence-corrected chi connectivity index (χ4v) is 10.4. The normalized spacial score (nSPS) is 12.9. The van der Waals surface area contributed by atoms with Gasteiger partial charge in [-0.1, -0.05) is 329 Å². The van der Waals surface area contributed by atoms with Crippen LogP contribution in [-0.2, 0) is 14.3 Å². The third-order valence-electron chi connectivity index (χ3n) is 15.2. The van der Waals surface area contributed by atoms with E-state index in [0.717, 1.165) is 38.5 Å². The van der Waals surface area contributed by atoms with E-state index in [0.29, 0.717) is 19.3 Å². The van der Waals surface area contributed by atoms with E-state index in [4.69, 9.17) is 4.74 Å². The van der Waals surface area contributed by atoms with Crippen molar-refractivity contribution in [2.45, 2.75) is 386 Å². The van der Waals surface area contributed by atoms with Crippen LogP contribution in [0.4, 0.5) is 0 Å². The van der Waals surface area contributed by atoms with Gasteiger partial charge in [0.05, 0.1) is 25.2 Å². The molecule has 412 valence electrons. The first-order valence-electron chi connectivity index (χ1n) is 31.8. The summed E-state index contributed by atoms with van der Waals surface area (Å²) < 4.78 is 5.99. The lowest BCUT2D eigenvalue weighted by molar-refractivity contribution is -0.151. The van der Waals surface area contributed by atoms with Crippen molar-refractivity contribution in [2.75, 3.05) is 6.61 Å². The maximum atomic E-state index is 13.3. The molecule has 0 aromatic carbocycles. The molecule has 3 atom stereocenters. The molecular formula is C63H125NO5. The van der Waals surface area contributed by atoms with E-state index in [1.807, 2.05) is 0 Å². The quantitative estimate of drug-likeness (QED) is 0.0417. The molecule has 0 saturated heterocycles. The monoisotopic (exact) mass is 976 g/mol. The second-order valence-electron chi connectivity index (χ2n) is 22.2. The Balaban J connectivity index is 4.45. The molecule has 6 heteroatoms. The van der Waals surface area contributed by atoms with Crippen molar-refractivity contribution < 1.29 is 24.5 Å². The van der Waals surface area contributed by atoms with Crippen molar-refractivity contribution in [3.05, 3.63) is 0 Å². The summed E-state index contributed by atoms with van der Waals surface area (Å²) >= 11 is 0. The molecule has 69 heavy (non-hydrogen) atoms. The maximum absolute atomic E-state index is 13.3. The average molecular weight is 977 g/mol. The maximum Gasteiger partial charge on any atom is 0.306 e. The molecule has 0 heterocycles. The first kappa shape index (κ1) is 67.9. The number of rotatable bonds is 59. The zero-order valence-electron chi connectivity index (χ0n) is 47.2. The zero-order valence-corrected chi connectivity index (χ0v) is 47.2. The van der Waals surface area contributed by atoms with Crippen molar-refractivity contribution in [1.29, 1.82) is 0 Å². The molecule has 6 nitrogen and oxygen atoms in total. The number of esters is 1. The van der Waals surface area contributed by atoms with Gasteiger partial charge in [-0.3, -0.25) is 9.59 Å². The summed E-state index contributed by atoms with van der Waals surface area (Å²) in [5.41, 5.74) is 0. The van der Waals surface area contributed by atoms with E-state index in [1.165, 1.54) is 283 Å². The van der Waals surface area contributed by atoms with Crippen LogP contribution in [0, 0.1) is 0 Å². The molecule has 0 spiro atoms. The van der Waals surface area contributed by atoms with E-state index >= 15 is 0 Å². The van der Waals surface area contributed by atoms with Gasteiger partial charge in [0.25, 0.3) is 0 Å². The number of aliphatic hydroxyl groups is 2. The lowest BCUT2D eigenvalue weighted by atomic mass is 10.0. The fourth-order valence-electron chi connectivity index (χ4n) is 10.4.